The Hall–Kier alpha value is -2.53. The number of benzene rings is 2. The molecule has 2 aromatic rings. The molecule has 0 bridgehead atoms. The first-order valence-electron chi connectivity index (χ1n) is 9.25. The summed E-state index contributed by atoms with van der Waals surface area (Å²) in [6.45, 7) is 7.68. The number of fused-ring (bicyclic) bond motifs is 1. The molecule has 6 heteroatoms. The van der Waals surface area contributed by atoms with Crippen LogP contribution in [0.2, 0.25) is 5.02 Å². The smallest absolute Gasteiger partial charge is 0.313 e. The van der Waals surface area contributed by atoms with Gasteiger partial charge in [0.15, 0.2) is 6.10 Å². The number of esters is 1. The molecule has 3 rings (SSSR count). The molecule has 0 saturated carbocycles. The fourth-order valence-electron chi connectivity index (χ4n) is 3.44. The number of hydrogen-bond donors (Lipinski definition) is 1. The van der Waals surface area contributed by atoms with Gasteiger partial charge in [-0.2, -0.15) is 0 Å². The second-order valence-corrected chi connectivity index (χ2v) is 7.74. The molecule has 0 spiro atoms. The van der Waals surface area contributed by atoms with E-state index in [1.807, 2.05) is 32.9 Å². The normalized spacial score (nSPS) is 16.5. The molecule has 28 heavy (non-hydrogen) atoms. The van der Waals surface area contributed by atoms with Gasteiger partial charge in [0, 0.05) is 10.7 Å². The highest BCUT2D eigenvalue weighted by Crippen LogP contribution is 2.30. The van der Waals surface area contributed by atoms with E-state index in [0.29, 0.717) is 11.4 Å². The van der Waals surface area contributed by atoms with Crippen LogP contribution in [-0.4, -0.2) is 24.6 Å². The Morgan fingerprint density at radius 2 is 1.86 bits per heavy atom. The Labute approximate surface area is 170 Å². The maximum absolute atomic E-state index is 12.5. The fraction of sp³-hybridized carbons (Fsp3) is 0.364. The molecule has 1 amide bonds. The maximum atomic E-state index is 12.5. The fourth-order valence-corrected chi connectivity index (χ4v) is 3.64. The lowest BCUT2D eigenvalue weighted by Gasteiger charge is -2.25. The molecule has 0 aromatic heterocycles. The van der Waals surface area contributed by atoms with Crippen LogP contribution in [0.25, 0.3) is 0 Å². The summed E-state index contributed by atoms with van der Waals surface area (Å²) in [5.41, 5.74) is 4.69. The van der Waals surface area contributed by atoms with Crippen LogP contribution in [0.15, 0.2) is 30.3 Å². The minimum atomic E-state index is -0.909. The van der Waals surface area contributed by atoms with Crippen molar-refractivity contribution in [2.24, 2.45) is 5.92 Å². The molecule has 0 aliphatic carbocycles. The summed E-state index contributed by atoms with van der Waals surface area (Å²) in [6, 6.07) is 9.33. The number of ether oxygens (including phenoxy) is 2. The van der Waals surface area contributed by atoms with Gasteiger partial charge in [0.2, 0.25) is 0 Å². The van der Waals surface area contributed by atoms with Crippen molar-refractivity contribution >= 4 is 29.2 Å². The minimum absolute atomic E-state index is 0.220. The zero-order valence-electron chi connectivity index (χ0n) is 16.5. The van der Waals surface area contributed by atoms with Crippen LogP contribution in [0.3, 0.4) is 0 Å². The first-order chi connectivity index (χ1) is 13.2. The van der Waals surface area contributed by atoms with Crippen LogP contribution in [0.4, 0.5) is 5.69 Å². The second kappa shape index (κ2) is 8.23. The van der Waals surface area contributed by atoms with E-state index in [0.717, 1.165) is 33.7 Å². The molecule has 2 aromatic carbocycles. The van der Waals surface area contributed by atoms with Gasteiger partial charge >= 0.3 is 5.97 Å². The Kier molecular flexibility index (Phi) is 5.94. The highest BCUT2D eigenvalue weighted by molar-refractivity contribution is 6.30. The van der Waals surface area contributed by atoms with Crippen LogP contribution >= 0.6 is 11.6 Å². The second-order valence-electron chi connectivity index (χ2n) is 7.31. The Balaban J connectivity index is 1.62. The number of carbonyl (C=O) groups is 2. The monoisotopic (exact) mass is 401 g/mol. The van der Waals surface area contributed by atoms with Crippen molar-refractivity contribution in [3.8, 4) is 5.75 Å². The van der Waals surface area contributed by atoms with Gasteiger partial charge < -0.3 is 14.8 Å². The maximum Gasteiger partial charge on any atom is 0.313 e. The van der Waals surface area contributed by atoms with Gasteiger partial charge in [-0.05, 0) is 69.0 Å². The van der Waals surface area contributed by atoms with E-state index in [9.17, 15) is 9.59 Å². The van der Waals surface area contributed by atoms with Crippen molar-refractivity contribution in [1.29, 1.82) is 0 Å². The minimum Gasteiger partial charge on any atom is -0.492 e. The van der Waals surface area contributed by atoms with Gasteiger partial charge in [0.1, 0.15) is 12.4 Å². The SMILES string of the molecule is Cc1cc(C)c(NC(=O)[C@H](C)OC(=O)[C@@H]2COc3ccc(Cl)cc3C2)c(C)c1. The molecule has 0 fully saturated rings. The Bertz CT molecular complexity index is 902. The van der Waals surface area contributed by atoms with Gasteiger partial charge in [-0.15, -0.1) is 0 Å². The number of halogens is 1. The van der Waals surface area contributed by atoms with Crippen LogP contribution < -0.4 is 10.1 Å². The average molecular weight is 402 g/mol. The number of rotatable bonds is 4. The molecule has 1 N–H and O–H groups in total. The molecule has 2 atom stereocenters. The number of hydrogen-bond acceptors (Lipinski definition) is 4. The standard InChI is InChI=1S/C22H24ClNO4/c1-12-7-13(2)20(14(3)8-12)24-21(25)15(4)28-22(26)17-9-16-10-18(23)5-6-19(16)27-11-17/h5-8,10,15,17H,9,11H2,1-4H3,(H,24,25)/t15-,17-/m0/s1. The summed E-state index contributed by atoms with van der Waals surface area (Å²) in [4.78, 5) is 25.0. The summed E-state index contributed by atoms with van der Waals surface area (Å²) in [7, 11) is 0. The largest absolute Gasteiger partial charge is 0.492 e. The van der Waals surface area contributed by atoms with Gasteiger partial charge in [0.05, 0.1) is 5.92 Å². The summed E-state index contributed by atoms with van der Waals surface area (Å²) in [5, 5.41) is 3.46. The van der Waals surface area contributed by atoms with Crippen molar-refractivity contribution in [2.75, 3.05) is 11.9 Å². The zero-order chi connectivity index (χ0) is 20.4. The van der Waals surface area contributed by atoms with E-state index < -0.39 is 18.0 Å². The number of amides is 1. The summed E-state index contributed by atoms with van der Waals surface area (Å²) in [5.74, 6) is -0.553. The predicted molar refractivity (Wildman–Crippen MR) is 109 cm³/mol. The molecular formula is C22H24ClNO4. The van der Waals surface area contributed by atoms with Crippen molar-refractivity contribution < 1.29 is 19.1 Å². The van der Waals surface area contributed by atoms with E-state index in [1.54, 1.807) is 25.1 Å². The Morgan fingerprint density at radius 1 is 1.18 bits per heavy atom. The molecule has 148 valence electrons. The molecule has 1 aliphatic rings. The summed E-state index contributed by atoms with van der Waals surface area (Å²) in [6.07, 6.45) is -0.437. The molecule has 0 saturated heterocycles. The highest BCUT2D eigenvalue weighted by atomic mass is 35.5. The van der Waals surface area contributed by atoms with Gasteiger partial charge in [0.25, 0.3) is 5.91 Å². The summed E-state index contributed by atoms with van der Waals surface area (Å²) >= 11 is 6.02. The van der Waals surface area contributed by atoms with E-state index in [4.69, 9.17) is 21.1 Å². The molecule has 0 unspecified atom stereocenters. The van der Waals surface area contributed by atoms with Crippen molar-refractivity contribution in [3.63, 3.8) is 0 Å². The highest BCUT2D eigenvalue weighted by Gasteiger charge is 2.30. The lowest BCUT2D eigenvalue weighted by atomic mass is 9.97. The third-order valence-electron chi connectivity index (χ3n) is 4.85. The number of anilines is 1. The Morgan fingerprint density at radius 3 is 2.54 bits per heavy atom. The van der Waals surface area contributed by atoms with Crippen LogP contribution in [-0.2, 0) is 20.7 Å². The first-order valence-corrected chi connectivity index (χ1v) is 9.63. The third kappa shape index (κ3) is 4.47. The van der Waals surface area contributed by atoms with Gasteiger partial charge in [-0.1, -0.05) is 29.3 Å². The van der Waals surface area contributed by atoms with E-state index in [-0.39, 0.29) is 12.5 Å². The lowest BCUT2D eigenvalue weighted by Crippen LogP contribution is -2.36. The van der Waals surface area contributed by atoms with E-state index in [1.165, 1.54) is 0 Å². The molecule has 5 nitrogen and oxygen atoms in total. The quantitative estimate of drug-likeness (QED) is 0.772. The van der Waals surface area contributed by atoms with E-state index in [2.05, 4.69) is 5.32 Å². The third-order valence-corrected chi connectivity index (χ3v) is 5.08. The molecule has 1 aliphatic heterocycles. The van der Waals surface area contributed by atoms with Gasteiger partial charge in [-0.25, -0.2) is 0 Å². The van der Waals surface area contributed by atoms with Crippen molar-refractivity contribution in [3.05, 3.63) is 57.6 Å². The van der Waals surface area contributed by atoms with Crippen LogP contribution in [0.5, 0.6) is 5.75 Å². The van der Waals surface area contributed by atoms with Crippen molar-refractivity contribution in [1.82, 2.24) is 0 Å². The van der Waals surface area contributed by atoms with Gasteiger partial charge in [-0.3, -0.25) is 9.59 Å². The van der Waals surface area contributed by atoms with E-state index >= 15 is 0 Å². The zero-order valence-corrected chi connectivity index (χ0v) is 17.2. The van der Waals surface area contributed by atoms with Crippen LogP contribution in [0, 0.1) is 26.7 Å². The lowest BCUT2D eigenvalue weighted by molar-refractivity contribution is -0.158. The molecule has 0 radical (unpaired) electrons. The predicted octanol–water partition coefficient (Wildman–Crippen LogP) is 4.39. The van der Waals surface area contributed by atoms with Crippen molar-refractivity contribution in [2.45, 2.75) is 40.2 Å². The first kappa shape index (κ1) is 20.2. The van der Waals surface area contributed by atoms with Crippen LogP contribution in [0.1, 0.15) is 29.2 Å². The molecule has 1 heterocycles. The number of nitrogens with one attached hydrogen (secondary N) is 1. The molecular weight excluding hydrogens is 378 g/mol. The number of carbonyl (C=O) groups excluding carboxylic acids is 2. The number of aryl methyl sites for hydroxylation is 3. The average Bonchev–Trinajstić information content (AvgIpc) is 2.63. The topological polar surface area (TPSA) is 64.6 Å². The summed E-state index contributed by atoms with van der Waals surface area (Å²) < 4.78 is 11.0.